The highest BCUT2D eigenvalue weighted by molar-refractivity contribution is 7.92. The minimum absolute atomic E-state index is 0.261. The molecule has 0 radical (unpaired) electrons. The van der Waals surface area contributed by atoms with Crippen LogP contribution in [0.25, 0.3) is 0 Å². The molecule has 0 aromatic carbocycles. The zero-order chi connectivity index (χ0) is 13.9. The Morgan fingerprint density at radius 2 is 2.32 bits per heavy atom. The average molecular weight is 306 g/mol. The van der Waals surface area contributed by atoms with Crippen LogP contribution in [0.3, 0.4) is 0 Å². The topological polar surface area (TPSA) is 81.2 Å². The van der Waals surface area contributed by atoms with Crippen LogP contribution in [0.1, 0.15) is 18.7 Å². The van der Waals surface area contributed by atoms with Crippen molar-refractivity contribution in [3.63, 3.8) is 0 Å². The van der Waals surface area contributed by atoms with E-state index in [1.807, 2.05) is 0 Å². The van der Waals surface area contributed by atoms with Gasteiger partial charge in [0, 0.05) is 19.7 Å². The standard InChI is InChI=1S/C11H16ClN3O3S/c1-18-7-11-14-9(12)5-10(15-11)13-6-8-3-2-4-19(8,16)17/h5,8H,2-4,6-7H2,1H3,(H,13,14,15). The van der Waals surface area contributed by atoms with Crippen LogP contribution in [0, 0.1) is 0 Å². The molecule has 1 saturated heterocycles. The van der Waals surface area contributed by atoms with E-state index in [4.69, 9.17) is 16.3 Å². The van der Waals surface area contributed by atoms with Crippen molar-refractivity contribution in [1.82, 2.24) is 9.97 Å². The number of methoxy groups -OCH3 is 1. The maximum atomic E-state index is 11.7. The van der Waals surface area contributed by atoms with Gasteiger partial charge in [0.15, 0.2) is 15.7 Å². The summed E-state index contributed by atoms with van der Waals surface area (Å²) >= 11 is 5.87. The Morgan fingerprint density at radius 3 is 2.95 bits per heavy atom. The number of sulfone groups is 1. The van der Waals surface area contributed by atoms with Gasteiger partial charge in [-0.25, -0.2) is 18.4 Å². The van der Waals surface area contributed by atoms with Gasteiger partial charge in [0.1, 0.15) is 17.6 Å². The van der Waals surface area contributed by atoms with Gasteiger partial charge in [0.05, 0.1) is 11.0 Å². The average Bonchev–Trinajstić information content (AvgIpc) is 2.65. The van der Waals surface area contributed by atoms with Gasteiger partial charge in [0.25, 0.3) is 0 Å². The molecule has 1 atom stereocenters. The van der Waals surface area contributed by atoms with E-state index in [0.717, 1.165) is 6.42 Å². The van der Waals surface area contributed by atoms with Crippen molar-refractivity contribution < 1.29 is 13.2 Å². The van der Waals surface area contributed by atoms with Crippen LogP contribution in [0.2, 0.25) is 5.15 Å². The van der Waals surface area contributed by atoms with Crippen LogP contribution in [0.5, 0.6) is 0 Å². The van der Waals surface area contributed by atoms with Crippen LogP contribution < -0.4 is 5.32 Å². The monoisotopic (exact) mass is 305 g/mol. The summed E-state index contributed by atoms with van der Waals surface area (Å²) in [5, 5.41) is 2.98. The molecule has 1 fully saturated rings. The Hall–Kier alpha value is -0.920. The van der Waals surface area contributed by atoms with Crippen molar-refractivity contribution in [3.8, 4) is 0 Å². The SMILES string of the molecule is COCc1nc(Cl)cc(NCC2CCCS2(=O)=O)n1. The van der Waals surface area contributed by atoms with Crippen molar-refractivity contribution in [3.05, 3.63) is 17.0 Å². The number of halogens is 1. The van der Waals surface area contributed by atoms with Crippen molar-refractivity contribution in [1.29, 1.82) is 0 Å². The van der Waals surface area contributed by atoms with Gasteiger partial charge in [-0.1, -0.05) is 11.6 Å². The third kappa shape index (κ3) is 3.77. The van der Waals surface area contributed by atoms with Crippen molar-refractivity contribution >= 4 is 27.3 Å². The Labute approximate surface area is 117 Å². The van der Waals surface area contributed by atoms with Crippen LogP contribution in [-0.2, 0) is 21.2 Å². The lowest BCUT2D eigenvalue weighted by Gasteiger charge is -2.12. The Morgan fingerprint density at radius 1 is 1.53 bits per heavy atom. The number of rotatable bonds is 5. The quantitative estimate of drug-likeness (QED) is 0.825. The lowest BCUT2D eigenvalue weighted by molar-refractivity contribution is 0.178. The van der Waals surface area contributed by atoms with E-state index in [1.54, 1.807) is 13.2 Å². The minimum Gasteiger partial charge on any atom is -0.377 e. The van der Waals surface area contributed by atoms with Gasteiger partial charge in [-0.3, -0.25) is 0 Å². The van der Waals surface area contributed by atoms with E-state index < -0.39 is 9.84 Å². The summed E-state index contributed by atoms with van der Waals surface area (Å²) in [6.07, 6.45) is 1.42. The zero-order valence-electron chi connectivity index (χ0n) is 10.6. The molecule has 1 aliphatic rings. The molecule has 6 nitrogen and oxygen atoms in total. The van der Waals surface area contributed by atoms with Crippen molar-refractivity contribution in [2.45, 2.75) is 24.7 Å². The van der Waals surface area contributed by atoms with Crippen LogP contribution >= 0.6 is 11.6 Å². The fourth-order valence-corrected chi connectivity index (χ4v) is 4.02. The molecule has 0 spiro atoms. The summed E-state index contributed by atoms with van der Waals surface area (Å²) in [7, 11) is -1.41. The predicted octanol–water partition coefficient (Wildman–Crippen LogP) is 1.27. The van der Waals surface area contributed by atoms with Crippen LogP contribution in [0.4, 0.5) is 5.82 Å². The van der Waals surface area contributed by atoms with Crippen LogP contribution in [-0.4, -0.2) is 43.0 Å². The largest absolute Gasteiger partial charge is 0.377 e. The molecule has 1 aliphatic heterocycles. The predicted molar refractivity (Wildman–Crippen MR) is 73.1 cm³/mol. The molecule has 0 amide bonds. The molecular formula is C11H16ClN3O3S. The van der Waals surface area contributed by atoms with E-state index in [2.05, 4.69) is 15.3 Å². The summed E-state index contributed by atoms with van der Waals surface area (Å²) < 4.78 is 28.3. The molecule has 0 bridgehead atoms. The molecule has 2 heterocycles. The van der Waals surface area contributed by atoms with Gasteiger partial charge in [-0.2, -0.15) is 0 Å². The van der Waals surface area contributed by atoms with Gasteiger partial charge >= 0.3 is 0 Å². The summed E-state index contributed by atoms with van der Waals surface area (Å²) in [5.74, 6) is 1.26. The molecular weight excluding hydrogens is 290 g/mol. The molecule has 19 heavy (non-hydrogen) atoms. The summed E-state index contributed by atoms with van der Waals surface area (Å²) in [6.45, 7) is 0.610. The second-order valence-electron chi connectivity index (χ2n) is 4.44. The van der Waals surface area contributed by atoms with Gasteiger partial charge in [-0.15, -0.1) is 0 Å². The van der Waals surface area contributed by atoms with Crippen LogP contribution in [0.15, 0.2) is 6.07 Å². The smallest absolute Gasteiger partial charge is 0.158 e. The molecule has 1 aromatic heterocycles. The Bertz CT molecular complexity index is 550. The molecule has 8 heteroatoms. The van der Waals surface area contributed by atoms with E-state index in [-0.39, 0.29) is 17.6 Å². The lowest BCUT2D eigenvalue weighted by atomic mass is 10.2. The van der Waals surface area contributed by atoms with E-state index in [0.29, 0.717) is 29.8 Å². The van der Waals surface area contributed by atoms with E-state index in [9.17, 15) is 8.42 Å². The third-order valence-electron chi connectivity index (χ3n) is 2.99. The first-order valence-electron chi connectivity index (χ1n) is 5.99. The molecule has 1 aromatic rings. The third-order valence-corrected chi connectivity index (χ3v) is 5.46. The highest BCUT2D eigenvalue weighted by atomic mass is 35.5. The number of hydrogen-bond donors (Lipinski definition) is 1. The Balaban J connectivity index is 2.03. The minimum atomic E-state index is -2.95. The van der Waals surface area contributed by atoms with Gasteiger partial charge in [-0.05, 0) is 12.8 Å². The Kier molecular flexibility index (Phi) is 4.59. The second-order valence-corrected chi connectivity index (χ2v) is 7.23. The zero-order valence-corrected chi connectivity index (χ0v) is 12.2. The van der Waals surface area contributed by atoms with Crippen molar-refractivity contribution in [2.75, 3.05) is 24.7 Å². The lowest BCUT2D eigenvalue weighted by Crippen LogP contribution is -2.25. The number of anilines is 1. The number of hydrogen-bond acceptors (Lipinski definition) is 6. The maximum Gasteiger partial charge on any atom is 0.158 e. The summed E-state index contributed by atoms with van der Waals surface area (Å²) in [6, 6.07) is 1.57. The first kappa shape index (κ1) is 14.5. The molecule has 1 N–H and O–H groups in total. The number of ether oxygens (including phenoxy) is 1. The van der Waals surface area contributed by atoms with E-state index in [1.165, 1.54) is 0 Å². The molecule has 0 saturated carbocycles. The molecule has 2 rings (SSSR count). The molecule has 1 unspecified atom stereocenters. The number of nitrogens with zero attached hydrogens (tertiary/aromatic N) is 2. The molecule has 106 valence electrons. The highest BCUT2D eigenvalue weighted by Gasteiger charge is 2.30. The van der Waals surface area contributed by atoms with Crippen molar-refractivity contribution in [2.24, 2.45) is 0 Å². The van der Waals surface area contributed by atoms with Gasteiger partial charge in [0.2, 0.25) is 0 Å². The normalized spacial score (nSPS) is 21.5. The fourth-order valence-electron chi connectivity index (χ4n) is 2.05. The first-order valence-corrected chi connectivity index (χ1v) is 8.08. The second kappa shape index (κ2) is 6.02. The maximum absolute atomic E-state index is 11.7. The molecule has 0 aliphatic carbocycles. The number of aromatic nitrogens is 2. The fraction of sp³-hybridized carbons (Fsp3) is 0.636. The number of nitrogens with one attached hydrogen (secondary N) is 1. The summed E-state index contributed by atoms with van der Waals surface area (Å²) in [5.41, 5.74) is 0. The van der Waals surface area contributed by atoms with Gasteiger partial charge < -0.3 is 10.1 Å². The summed E-state index contributed by atoms with van der Waals surface area (Å²) in [4.78, 5) is 8.21. The van der Waals surface area contributed by atoms with E-state index >= 15 is 0 Å². The highest BCUT2D eigenvalue weighted by Crippen LogP contribution is 2.20. The first-order chi connectivity index (χ1) is 9.01.